The molecule has 35 heavy (non-hydrogen) atoms. The van der Waals surface area contributed by atoms with Crippen molar-refractivity contribution in [2.45, 2.75) is 45.1 Å². The van der Waals surface area contributed by atoms with Crippen molar-refractivity contribution in [3.8, 4) is 0 Å². The maximum absolute atomic E-state index is 13.1. The van der Waals surface area contributed by atoms with Gasteiger partial charge in [-0.2, -0.15) is 4.31 Å². The first kappa shape index (κ1) is 25.8. The summed E-state index contributed by atoms with van der Waals surface area (Å²) in [5.41, 5.74) is 1.69. The van der Waals surface area contributed by atoms with Gasteiger partial charge in [-0.05, 0) is 68.5 Å². The van der Waals surface area contributed by atoms with E-state index in [0.717, 1.165) is 23.4 Å². The first-order chi connectivity index (χ1) is 16.6. The average Bonchev–Trinajstić information content (AvgIpc) is 3.15. The van der Waals surface area contributed by atoms with Gasteiger partial charge in [0.1, 0.15) is 5.00 Å². The average molecular weight is 520 g/mol. The van der Waals surface area contributed by atoms with Gasteiger partial charge >= 0.3 is 5.97 Å². The number of ether oxygens (including phenoxy) is 1. The van der Waals surface area contributed by atoms with Gasteiger partial charge in [-0.25, -0.2) is 13.2 Å². The number of amides is 1. The molecule has 4 rings (SSSR count). The quantitative estimate of drug-likeness (QED) is 0.583. The normalized spacial score (nSPS) is 21.4. The van der Waals surface area contributed by atoms with Gasteiger partial charge in [0.25, 0.3) is 5.91 Å². The molecule has 0 bridgehead atoms. The standard InChI is InChI=1S/C25H33N3O5S2/c1-5-33-25(30)22-20-10-11-27(4)15-21(20)34-24(22)26-23(29)18-6-8-19(9-7-18)35(31,32)28-13-16(2)12-17(3)14-28/h6-9,16-17H,5,10-15H2,1-4H3,(H,26,29)/t16-,17+. The fourth-order valence-corrected chi connectivity index (χ4v) is 7.93. The van der Waals surface area contributed by atoms with E-state index in [-0.39, 0.29) is 11.5 Å². The third-order valence-corrected chi connectivity index (χ3v) is 9.52. The highest BCUT2D eigenvalue weighted by molar-refractivity contribution is 7.89. The monoisotopic (exact) mass is 519 g/mol. The first-order valence-corrected chi connectivity index (χ1v) is 14.3. The van der Waals surface area contributed by atoms with Gasteiger partial charge < -0.3 is 15.0 Å². The van der Waals surface area contributed by atoms with Gasteiger partial charge in [-0.3, -0.25) is 4.79 Å². The lowest BCUT2D eigenvalue weighted by Gasteiger charge is -2.34. The SMILES string of the molecule is CCOC(=O)c1c(NC(=O)c2ccc(S(=O)(=O)N3C[C@H](C)C[C@H](C)C3)cc2)sc2c1CCN(C)C2. The van der Waals surface area contributed by atoms with E-state index in [1.165, 1.54) is 35.6 Å². The Labute approximate surface area is 211 Å². The predicted octanol–water partition coefficient (Wildman–Crippen LogP) is 3.83. The van der Waals surface area contributed by atoms with Crippen molar-refractivity contribution in [3.63, 3.8) is 0 Å². The number of benzene rings is 1. The number of sulfonamides is 1. The lowest BCUT2D eigenvalue weighted by atomic mass is 9.94. The van der Waals surface area contributed by atoms with E-state index in [9.17, 15) is 18.0 Å². The molecular weight excluding hydrogens is 486 g/mol. The molecular formula is C25H33N3O5S2. The number of esters is 1. The minimum absolute atomic E-state index is 0.178. The molecule has 0 unspecified atom stereocenters. The van der Waals surface area contributed by atoms with E-state index in [4.69, 9.17) is 4.74 Å². The number of nitrogens with zero attached hydrogens (tertiary/aromatic N) is 2. The molecule has 2 aromatic rings. The van der Waals surface area contributed by atoms with Gasteiger partial charge in [0.15, 0.2) is 0 Å². The Morgan fingerprint density at radius 3 is 2.43 bits per heavy atom. The van der Waals surface area contributed by atoms with Gasteiger partial charge in [-0.1, -0.05) is 13.8 Å². The van der Waals surface area contributed by atoms with Crippen LogP contribution < -0.4 is 5.32 Å². The molecule has 1 amide bonds. The van der Waals surface area contributed by atoms with Crippen molar-refractivity contribution in [3.05, 3.63) is 45.8 Å². The third kappa shape index (κ3) is 5.45. The zero-order valence-corrected chi connectivity index (χ0v) is 22.3. The Morgan fingerprint density at radius 2 is 1.80 bits per heavy atom. The highest BCUT2D eigenvalue weighted by Gasteiger charge is 2.32. The van der Waals surface area contributed by atoms with Crippen molar-refractivity contribution in [2.24, 2.45) is 11.8 Å². The summed E-state index contributed by atoms with van der Waals surface area (Å²) < 4.78 is 33.1. The number of piperidine rings is 1. The third-order valence-electron chi connectivity index (χ3n) is 6.54. The van der Waals surface area contributed by atoms with Crippen LogP contribution in [0.4, 0.5) is 5.00 Å². The molecule has 0 saturated carbocycles. The molecule has 3 heterocycles. The number of likely N-dealkylation sites (N-methyl/N-ethyl adjacent to an activating group) is 1. The van der Waals surface area contributed by atoms with Crippen LogP contribution in [-0.4, -0.2) is 62.8 Å². The smallest absolute Gasteiger partial charge is 0.341 e. The summed E-state index contributed by atoms with van der Waals surface area (Å²) in [6.07, 6.45) is 1.73. The second kappa shape index (κ2) is 10.4. The number of nitrogens with one attached hydrogen (secondary N) is 1. The zero-order chi connectivity index (χ0) is 25.3. The summed E-state index contributed by atoms with van der Waals surface area (Å²) in [4.78, 5) is 29.1. The topological polar surface area (TPSA) is 96.0 Å². The van der Waals surface area contributed by atoms with Gasteiger partial charge in [0, 0.05) is 36.6 Å². The van der Waals surface area contributed by atoms with Gasteiger partial charge in [0.2, 0.25) is 10.0 Å². The van der Waals surface area contributed by atoms with Crippen LogP contribution >= 0.6 is 11.3 Å². The van der Waals surface area contributed by atoms with Crippen LogP contribution in [0, 0.1) is 11.8 Å². The molecule has 2 aliphatic heterocycles. The van der Waals surface area contributed by atoms with Crippen molar-refractivity contribution in [1.29, 1.82) is 0 Å². The summed E-state index contributed by atoms with van der Waals surface area (Å²) in [5.74, 6) is -0.213. The van der Waals surface area contributed by atoms with E-state index in [2.05, 4.69) is 24.1 Å². The van der Waals surface area contributed by atoms with Crippen LogP contribution in [0.25, 0.3) is 0 Å². The lowest BCUT2D eigenvalue weighted by molar-refractivity contribution is 0.0526. The van der Waals surface area contributed by atoms with Crippen LogP contribution in [0.3, 0.4) is 0 Å². The number of fused-ring (bicyclic) bond motifs is 1. The van der Waals surface area contributed by atoms with Crippen LogP contribution in [0.1, 0.15) is 58.3 Å². The number of rotatable bonds is 6. The molecule has 10 heteroatoms. The van der Waals surface area contributed by atoms with Crippen LogP contribution in [-0.2, 0) is 27.7 Å². The summed E-state index contributed by atoms with van der Waals surface area (Å²) in [6.45, 7) is 8.68. The Morgan fingerprint density at radius 1 is 1.14 bits per heavy atom. The molecule has 1 fully saturated rings. The summed E-state index contributed by atoms with van der Waals surface area (Å²) in [7, 11) is -1.60. The van der Waals surface area contributed by atoms with E-state index in [0.29, 0.717) is 54.0 Å². The molecule has 1 aromatic heterocycles. The van der Waals surface area contributed by atoms with Crippen molar-refractivity contribution in [1.82, 2.24) is 9.21 Å². The Bertz CT molecular complexity index is 1200. The number of anilines is 1. The number of carbonyl (C=O) groups is 2. The van der Waals surface area contributed by atoms with Crippen molar-refractivity contribution >= 4 is 38.2 Å². The summed E-state index contributed by atoms with van der Waals surface area (Å²) >= 11 is 1.39. The molecule has 2 atom stereocenters. The summed E-state index contributed by atoms with van der Waals surface area (Å²) in [6, 6.07) is 6.00. The molecule has 0 aliphatic carbocycles. The Balaban J connectivity index is 1.55. The van der Waals surface area contributed by atoms with Crippen molar-refractivity contribution < 1.29 is 22.7 Å². The molecule has 8 nitrogen and oxygen atoms in total. The molecule has 0 radical (unpaired) electrons. The maximum atomic E-state index is 13.1. The van der Waals surface area contributed by atoms with E-state index < -0.39 is 21.9 Å². The highest BCUT2D eigenvalue weighted by Crippen LogP contribution is 2.37. The second-order valence-electron chi connectivity index (χ2n) is 9.66. The molecule has 190 valence electrons. The maximum Gasteiger partial charge on any atom is 0.341 e. The van der Waals surface area contributed by atoms with E-state index in [1.807, 2.05) is 7.05 Å². The molecule has 1 saturated heterocycles. The lowest BCUT2D eigenvalue weighted by Crippen LogP contribution is -2.42. The van der Waals surface area contributed by atoms with Crippen LogP contribution in [0.15, 0.2) is 29.2 Å². The van der Waals surface area contributed by atoms with Crippen molar-refractivity contribution in [2.75, 3.05) is 38.6 Å². The van der Waals surface area contributed by atoms with Crippen LogP contribution in [0.2, 0.25) is 0 Å². The second-order valence-corrected chi connectivity index (χ2v) is 12.7. The van der Waals surface area contributed by atoms with E-state index >= 15 is 0 Å². The van der Waals surface area contributed by atoms with E-state index in [1.54, 1.807) is 11.2 Å². The number of hydrogen-bond acceptors (Lipinski definition) is 7. The highest BCUT2D eigenvalue weighted by atomic mass is 32.2. The molecule has 1 aromatic carbocycles. The van der Waals surface area contributed by atoms with Gasteiger partial charge in [0.05, 0.1) is 17.1 Å². The molecule has 0 spiro atoms. The first-order valence-electron chi connectivity index (χ1n) is 12.0. The molecule has 1 N–H and O–H groups in total. The Hall–Kier alpha value is -2.27. The zero-order valence-electron chi connectivity index (χ0n) is 20.7. The van der Waals surface area contributed by atoms with Gasteiger partial charge in [-0.15, -0.1) is 11.3 Å². The largest absolute Gasteiger partial charge is 0.462 e. The number of carbonyl (C=O) groups excluding carboxylic acids is 2. The molecule has 2 aliphatic rings. The minimum atomic E-state index is -3.62. The minimum Gasteiger partial charge on any atom is -0.462 e. The fourth-order valence-electron chi connectivity index (χ4n) is 4.94. The Kier molecular flexibility index (Phi) is 7.65. The fraction of sp³-hybridized carbons (Fsp3) is 0.520. The number of hydrogen-bond donors (Lipinski definition) is 1. The number of thiophene rings is 1. The van der Waals surface area contributed by atoms with Crippen LogP contribution in [0.5, 0.6) is 0 Å². The summed E-state index contributed by atoms with van der Waals surface area (Å²) in [5, 5.41) is 3.35. The predicted molar refractivity (Wildman–Crippen MR) is 136 cm³/mol.